The summed E-state index contributed by atoms with van der Waals surface area (Å²) < 4.78 is 0. The highest BCUT2D eigenvalue weighted by atomic mass is 15.3. The van der Waals surface area contributed by atoms with Crippen LogP contribution < -0.4 is 14.7 Å². The van der Waals surface area contributed by atoms with Gasteiger partial charge in [-0.1, -0.05) is 19.1 Å². The van der Waals surface area contributed by atoms with E-state index in [1.54, 1.807) is 6.33 Å². The van der Waals surface area contributed by atoms with Crippen LogP contribution in [0, 0.1) is 19.8 Å². The van der Waals surface area contributed by atoms with E-state index in [-0.39, 0.29) is 0 Å². The van der Waals surface area contributed by atoms with Crippen molar-refractivity contribution in [1.29, 1.82) is 0 Å². The number of aryl methyl sites for hydroxylation is 1. The normalized spacial score (nSPS) is 18.9. The van der Waals surface area contributed by atoms with Crippen LogP contribution in [-0.4, -0.2) is 49.2 Å². The average molecular weight is 366 g/mol. The lowest BCUT2D eigenvalue weighted by atomic mass is 9.99. The lowest BCUT2D eigenvalue weighted by molar-refractivity contribution is 0.436. The molecule has 0 unspecified atom stereocenters. The zero-order valence-corrected chi connectivity index (χ0v) is 16.9. The first kappa shape index (κ1) is 18.1. The van der Waals surface area contributed by atoms with Crippen molar-refractivity contribution in [3.05, 3.63) is 41.7 Å². The van der Waals surface area contributed by atoms with Gasteiger partial charge in [0.15, 0.2) is 0 Å². The molecule has 2 saturated heterocycles. The van der Waals surface area contributed by atoms with Gasteiger partial charge in [-0.05, 0) is 49.8 Å². The molecular weight excluding hydrogens is 334 g/mol. The molecule has 2 fully saturated rings. The largest absolute Gasteiger partial charge is 0.368 e. The Balaban J connectivity index is 1.42. The monoisotopic (exact) mass is 365 g/mol. The van der Waals surface area contributed by atoms with E-state index in [9.17, 15) is 0 Å². The summed E-state index contributed by atoms with van der Waals surface area (Å²) in [4.78, 5) is 16.4. The molecule has 5 heteroatoms. The summed E-state index contributed by atoms with van der Waals surface area (Å²) in [6.45, 7) is 13.1. The van der Waals surface area contributed by atoms with Crippen LogP contribution in [0.15, 0.2) is 30.6 Å². The van der Waals surface area contributed by atoms with Crippen molar-refractivity contribution in [3.8, 4) is 0 Å². The predicted molar refractivity (Wildman–Crippen MR) is 113 cm³/mol. The first-order chi connectivity index (χ1) is 13.1. The van der Waals surface area contributed by atoms with Crippen LogP contribution in [0.25, 0.3) is 0 Å². The summed E-state index contributed by atoms with van der Waals surface area (Å²) in [7, 11) is 0. The molecule has 5 nitrogen and oxygen atoms in total. The number of nitrogens with zero attached hydrogens (tertiary/aromatic N) is 5. The highest BCUT2D eigenvalue weighted by Crippen LogP contribution is 2.27. The van der Waals surface area contributed by atoms with E-state index in [0.717, 1.165) is 56.8 Å². The van der Waals surface area contributed by atoms with Gasteiger partial charge < -0.3 is 14.7 Å². The highest BCUT2D eigenvalue weighted by Gasteiger charge is 2.22. The van der Waals surface area contributed by atoms with E-state index in [0.29, 0.717) is 0 Å². The zero-order chi connectivity index (χ0) is 18.8. The Morgan fingerprint density at radius 1 is 0.815 bits per heavy atom. The third-order valence-corrected chi connectivity index (χ3v) is 6.27. The average Bonchev–Trinajstić information content (AvgIpc) is 2.71. The molecule has 0 radical (unpaired) electrons. The van der Waals surface area contributed by atoms with Crippen molar-refractivity contribution in [2.75, 3.05) is 54.0 Å². The summed E-state index contributed by atoms with van der Waals surface area (Å²) in [5, 5.41) is 0. The number of benzene rings is 1. The van der Waals surface area contributed by atoms with Crippen LogP contribution >= 0.6 is 0 Å². The Bertz CT molecular complexity index is 774. The van der Waals surface area contributed by atoms with Crippen LogP contribution in [0.4, 0.5) is 17.3 Å². The van der Waals surface area contributed by atoms with Gasteiger partial charge in [-0.15, -0.1) is 0 Å². The van der Waals surface area contributed by atoms with E-state index >= 15 is 0 Å². The van der Waals surface area contributed by atoms with Gasteiger partial charge in [0, 0.05) is 51.0 Å². The maximum absolute atomic E-state index is 4.57. The van der Waals surface area contributed by atoms with Gasteiger partial charge in [-0.2, -0.15) is 0 Å². The maximum Gasteiger partial charge on any atom is 0.134 e. The van der Waals surface area contributed by atoms with Crippen molar-refractivity contribution in [1.82, 2.24) is 9.97 Å². The number of piperidine rings is 1. The fourth-order valence-electron chi connectivity index (χ4n) is 4.18. The van der Waals surface area contributed by atoms with Gasteiger partial charge in [0.05, 0.1) is 0 Å². The molecule has 4 rings (SSSR count). The zero-order valence-electron chi connectivity index (χ0n) is 16.9. The summed E-state index contributed by atoms with van der Waals surface area (Å²) in [6.07, 6.45) is 4.25. The van der Waals surface area contributed by atoms with Gasteiger partial charge in [-0.25, -0.2) is 9.97 Å². The Hall–Kier alpha value is -2.30. The fourth-order valence-corrected chi connectivity index (χ4v) is 4.18. The molecule has 0 bridgehead atoms. The molecule has 0 spiro atoms. The molecule has 0 saturated carbocycles. The number of hydrogen-bond donors (Lipinski definition) is 0. The summed E-state index contributed by atoms with van der Waals surface area (Å²) in [5.41, 5.74) is 4.14. The Morgan fingerprint density at radius 2 is 1.41 bits per heavy atom. The molecule has 2 aromatic rings. The van der Waals surface area contributed by atoms with Crippen molar-refractivity contribution < 1.29 is 0 Å². The minimum absolute atomic E-state index is 0.834. The highest BCUT2D eigenvalue weighted by molar-refractivity contribution is 5.58. The molecule has 0 atom stereocenters. The van der Waals surface area contributed by atoms with E-state index in [1.165, 1.54) is 29.7 Å². The molecule has 1 aromatic carbocycles. The third kappa shape index (κ3) is 3.87. The van der Waals surface area contributed by atoms with Crippen molar-refractivity contribution >= 4 is 17.3 Å². The molecule has 27 heavy (non-hydrogen) atoms. The molecule has 0 N–H and O–H groups in total. The van der Waals surface area contributed by atoms with Crippen LogP contribution in [0.5, 0.6) is 0 Å². The standard InChI is InChI=1S/C22H31N5/c1-17-7-9-26(10-8-17)21-15-22(24-16-23-21)27-13-11-25(12-14-27)20-6-4-5-18(2)19(20)3/h4-6,15-17H,7-14H2,1-3H3. The molecule has 144 valence electrons. The van der Waals surface area contributed by atoms with Gasteiger partial charge >= 0.3 is 0 Å². The van der Waals surface area contributed by atoms with Crippen molar-refractivity contribution in [2.24, 2.45) is 5.92 Å². The Labute approximate surface area is 163 Å². The molecule has 3 heterocycles. The van der Waals surface area contributed by atoms with Gasteiger partial charge in [0.1, 0.15) is 18.0 Å². The molecule has 2 aliphatic rings. The van der Waals surface area contributed by atoms with Crippen molar-refractivity contribution in [3.63, 3.8) is 0 Å². The van der Waals surface area contributed by atoms with E-state index in [1.807, 2.05) is 0 Å². The topological polar surface area (TPSA) is 35.5 Å². The third-order valence-electron chi connectivity index (χ3n) is 6.27. The van der Waals surface area contributed by atoms with Gasteiger partial charge in [-0.3, -0.25) is 0 Å². The van der Waals surface area contributed by atoms with Crippen LogP contribution in [-0.2, 0) is 0 Å². The smallest absolute Gasteiger partial charge is 0.134 e. The van der Waals surface area contributed by atoms with Crippen LogP contribution in [0.2, 0.25) is 0 Å². The summed E-state index contributed by atoms with van der Waals surface area (Å²) >= 11 is 0. The minimum Gasteiger partial charge on any atom is -0.368 e. The molecular formula is C22H31N5. The number of rotatable bonds is 3. The minimum atomic E-state index is 0.834. The molecule has 0 aliphatic carbocycles. The van der Waals surface area contributed by atoms with Gasteiger partial charge in [0.25, 0.3) is 0 Å². The van der Waals surface area contributed by atoms with E-state index in [4.69, 9.17) is 0 Å². The van der Waals surface area contributed by atoms with Crippen LogP contribution in [0.1, 0.15) is 30.9 Å². The maximum atomic E-state index is 4.57. The quantitative estimate of drug-likeness (QED) is 0.829. The van der Waals surface area contributed by atoms with Crippen molar-refractivity contribution in [2.45, 2.75) is 33.6 Å². The molecule has 0 amide bonds. The summed E-state index contributed by atoms with van der Waals surface area (Å²) in [6, 6.07) is 8.79. The number of aromatic nitrogens is 2. The molecule has 2 aliphatic heterocycles. The second-order valence-electron chi connectivity index (χ2n) is 8.10. The Kier molecular flexibility index (Phi) is 5.19. The van der Waals surface area contributed by atoms with E-state index < -0.39 is 0 Å². The SMILES string of the molecule is Cc1cccc(N2CCN(c3cc(N4CCC(C)CC4)ncn3)CC2)c1C. The first-order valence-electron chi connectivity index (χ1n) is 10.2. The Morgan fingerprint density at radius 3 is 2.07 bits per heavy atom. The lowest BCUT2D eigenvalue weighted by Gasteiger charge is -2.38. The lowest BCUT2D eigenvalue weighted by Crippen LogP contribution is -2.47. The number of piperazine rings is 1. The fraction of sp³-hybridized carbons (Fsp3) is 0.545. The number of anilines is 3. The predicted octanol–water partition coefficient (Wildman–Crippen LogP) is 3.66. The second-order valence-corrected chi connectivity index (χ2v) is 8.10. The van der Waals surface area contributed by atoms with Gasteiger partial charge in [0.2, 0.25) is 0 Å². The molecule has 1 aromatic heterocycles. The number of hydrogen-bond acceptors (Lipinski definition) is 5. The second kappa shape index (κ2) is 7.75. The van der Waals surface area contributed by atoms with E-state index in [2.05, 4.69) is 69.7 Å². The van der Waals surface area contributed by atoms with Crippen LogP contribution in [0.3, 0.4) is 0 Å². The summed E-state index contributed by atoms with van der Waals surface area (Å²) in [5.74, 6) is 2.99. The first-order valence-corrected chi connectivity index (χ1v) is 10.2.